The smallest absolute Gasteiger partial charge is 0.121 e. The standard InChI is InChI=1S/C10H19NOS/c1-9(2)3-6-11-10(12-9)4-7-13-8-5-10/h11H,3-8H2,1-2H3. The lowest BCUT2D eigenvalue weighted by atomic mass is 9.97. The Kier molecular flexibility index (Phi) is 2.60. The fraction of sp³-hybridized carbons (Fsp3) is 1.00. The molecule has 2 fully saturated rings. The summed E-state index contributed by atoms with van der Waals surface area (Å²) in [6.45, 7) is 5.52. The number of thioether (sulfide) groups is 1. The predicted octanol–water partition coefficient (Wildman–Crippen LogP) is 2.00. The lowest BCUT2D eigenvalue weighted by molar-refractivity contribution is -0.188. The highest BCUT2D eigenvalue weighted by Crippen LogP contribution is 2.35. The third kappa shape index (κ3) is 2.20. The lowest BCUT2D eigenvalue weighted by Crippen LogP contribution is -2.59. The first kappa shape index (κ1) is 9.81. The maximum absolute atomic E-state index is 6.18. The fourth-order valence-corrected chi connectivity index (χ4v) is 3.34. The normalized spacial score (nSPS) is 31.8. The summed E-state index contributed by atoms with van der Waals surface area (Å²) in [6, 6.07) is 0. The average molecular weight is 201 g/mol. The third-order valence-electron chi connectivity index (χ3n) is 2.95. The third-order valence-corrected chi connectivity index (χ3v) is 3.93. The van der Waals surface area contributed by atoms with E-state index in [0.717, 1.165) is 13.0 Å². The molecule has 0 aliphatic carbocycles. The highest BCUT2D eigenvalue weighted by atomic mass is 32.2. The van der Waals surface area contributed by atoms with Crippen molar-refractivity contribution in [2.45, 2.75) is 44.4 Å². The van der Waals surface area contributed by atoms with Gasteiger partial charge in [0.25, 0.3) is 0 Å². The molecular formula is C10H19NOS. The summed E-state index contributed by atoms with van der Waals surface area (Å²) in [7, 11) is 0. The SMILES string of the molecule is CC1(C)CCNC2(CCSCC2)O1. The van der Waals surface area contributed by atoms with Gasteiger partial charge < -0.3 is 4.74 Å². The predicted molar refractivity (Wildman–Crippen MR) is 57.1 cm³/mol. The topological polar surface area (TPSA) is 21.3 Å². The zero-order valence-corrected chi connectivity index (χ0v) is 9.38. The minimum absolute atomic E-state index is 0.0208. The van der Waals surface area contributed by atoms with Crippen molar-refractivity contribution in [1.29, 1.82) is 0 Å². The Morgan fingerprint density at radius 2 is 1.85 bits per heavy atom. The van der Waals surface area contributed by atoms with Crippen LogP contribution in [0.2, 0.25) is 0 Å². The number of ether oxygens (including phenoxy) is 1. The van der Waals surface area contributed by atoms with Gasteiger partial charge in [0.15, 0.2) is 0 Å². The molecule has 0 unspecified atom stereocenters. The second kappa shape index (κ2) is 3.44. The Balaban J connectivity index is 2.04. The minimum atomic E-state index is 0.0208. The van der Waals surface area contributed by atoms with Gasteiger partial charge in [0, 0.05) is 6.54 Å². The summed E-state index contributed by atoms with van der Waals surface area (Å²) in [5, 5.41) is 3.55. The molecule has 2 heterocycles. The van der Waals surface area contributed by atoms with Crippen molar-refractivity contribution in [2.75, 3.05) is 18.1 Å². The molecule has 76 valence electrons. The van der Waals surface area contributed by atoms with E-state index in [1.807, 2.05) is 11.8 Å². The van der Waals surface area contributed by atoms with Crippen LogP contribution in [-0.4, -0.2) is 29.4 Å². The Morgan fingerprint density at radius 3 is 2.46 bits per heavy atom. The molecule has 2 aliphatic heterocycles. The van der Waals surface area contributed by atoms with Crippen LogP contribution in [0.3, 0.4) is 0 Å². The summed E-state index contributed by atoms with van der Waals surface area (Å²) in [5.41, 5.74) is 0.0975. The van der Waals surface area contributed by atoms with Crippen LogP contribution >= 0.6 is 11.8 Å². The first-order chi connectivity index (χ1) is 6.12. The Morgan fingerprint density at radius 1 is 1.15 bits per heavy atom. The van der Waals surface area contributed by atoms with E-state index in [-0.39, 0.29) is 11.3 Å². The molecule has 1 spiro atoms. The van der Waals surface area contributed by atoms with Crippen LogP contribution < -0.4 is 5.32 Å². The van der Waals surface area contributed by atoms with Gasteiger partial charge in [-0.3, -0.25) is 5.32 Å². The van der Waals surface area contributed by atoms with Crippen LogP contribution in [0.5, 0.6) is 0 Å². The van der Waals surface area contributed by atoms with Crippen LogP contribution in [0.15, 0.2) is 0 Å². The van der Waals surface area contributed by atoms with Crippen LogP contribution in [-0.2, 0) is 4.74 Å². The Bertz CT molecular complexity index is 182. The lowest BCUT2D eigenvalue weighted by Gasteiger charge is -2.47. The summed E-state index contributed by atoms with van der Waals surface area (Å²) < 4.78 is 6.18. The molecule has 0 aromatic carbocycles. The van der Waals surface area contributed by atoms with Gasteiger partial charge >= 0.3 is 0 Å². The highest BCUT2D eigenvalue weighted by Gasteiger charge is 2.41. The fourth-order valence-electron chi connectivity index (χ4n) is 2.19. The summed E-state index contributed by atoms with van der Waals surface area (Å²) in [4.78, 5) is 0. The zero-order valence-electron chi connectivity index (χ0n) is 8.56. The largest absolute Gasteiger partial charge is 0.355 e. The highest BCUT2D eigenvalue weighted by molar-refractivity contribution is 7.99. The molecule has 1 N–H and O–H groups in total. The van der Waals surface area contributed by atoms with Crippen molar-refractivity contribution >= 4 is 11.8 Å². The van der Waals surface area contributed by atoms with Crippen LogP contribution in [0.1, 0.15) is 33.1 Å². The summed E-state index contributed by atoms with van der Waals surface area (Å²) >= 11 is 2.04. The molecule has 0 radical (unpaired) electrons. The van der Waals surface area contributed by atoms with Crippen molar-refractivity contribution < 1.29 is 4.74 Å². The molecule has 0 bridgehead atoms. The van der Waals surface area contributed by atoms with Crippen molar-refractivity contribution in [3.8, 4) is 0 Å². The molecule has 0 aromatic rings. The molecular weight excluding hydrogens is 182 g/mol. The molecule has 2 rings (SSSR count). The second-order valence-electron chi connectivity index (χ2n) is 4.65. The van der Waals surface area contributed by atoms with Gasteiger partial charge in [-0.25, -0.2) is 0 Å². The molecule has 3 heteroatoms. The summed E-state index contributed by atoms with van der Waals surface area (Å²) in [6.07, 6.45) is 3.46. The van der Waals surface area contributed by atoms with Gasteiger partial charge in [0.2, 0.25) is 0 Å². The molecule has 0 atom stereocenters. The number of rotatable bonds is 0. The maximum atomic E-state index is 6.18. The van der Waals surface area contributed by atoms with Gasteiger partial charge in [0.05, 0.1) is 5.60 Å². The van der Waals surface area contributed by atoms with Gasteiger partial charge in [-0.05, 0) is 44.6 Å². The minimum Gasteiger partial charge on any atom is -0.355 e. The van der Waals surface area contributed by atoms with Gasteiger partial charge in [-0.2, -0.15) is 11.8 Å². The van der Waals surface area contributed by atoms with Crippen LogP contribution in [0, 0.1) is 0 Å². The molecule has 0 saturated carbocycles. The summed E-state index contributed by atoms with van der Waals surface area (Å²) in [5.74, 6) is 2.48. The number of hydrogen-bond acceptors (Lipinski definition) is 3. The van der Waals surface area contributed by atoms with Gasteiger partial charge in [-0.1, -0.05) is 0 Å². The van der Waals surface area contributed by atoms with Gasteiger partial charge in [-0.15, -0.1) is 0 Å². The molecule has 0 aromatic heterocycles. The first-order valence-corrected chi connectivity index (χ1v) is 6.30. The molecule has 2 saturated heterocycles. The van der Waals surface area contributed by atoms with E-state index in [1.165, 1.54) is 24.3 Å². The van der Waals surface area contributed by atoms with E-state index in [0.29, 0.717) is 0 Å². The Hall–Kier alpha value is 0.270. The van der Waals surface area contributed by atoms with Crippen LogP contribution in [0.4, 0.5) is 0 Å². The maximum Gasteiger partial charge on any atom is 0.121 e. The van der Waals surface area contributed by atoms with Crippen LogP contribution in [0.25, 0.3) is 0 Å². The number of nitrogens with one attached hydrogen (secondary N) is 1. The van der Waals surface area contributed by atoms with E-state index < -0.39 is 0 Å². The van der Waals surface area contributed by atoms with Gasteiger partial charge in [0.1, 0.15) is 5.72 Å². The molecule has 13 heavy (non-hydrogen) atoms. The van der Waals surface area contributed by atoms with E-state index in [1.54, 1.807) is 0 Å². The number of hydrogen-bond donors (Lipinski definition) is 1. The molecule has 0 amide bonds. The van der Waals surface area contributed by atoms with E-state index in [4.69, 9.17) is 4.74 Å². The zero-order chi connectivity index (χ0) is 9.36. The van der Waals surface area contributed by atoms with E-state index >= 15 is 0 Å². The molecule has 2 nitrogen and oxygen atoms in total. The molecule has 2 aliphatic rings. The van der Waals surface area contributed by atoms with Crippen molar-refractivity contribution in [3.63, 3.8) is 0 Å². The van der Waals surface area contributed by atoms with E-state index in [2.05, 4.69) is 19.2 Å². The second-order valence-corrected chi connectivity index (χ2v) is 5.87. The van der Waals surface area contributed by atoms with Crippen molar-refractivity contribution in [1.82, 2.24) is 5.32 Å². The quantitative estimate of drug-likeness (QED) is 0.647. The monoisotopic (exact) mass is 201 g/mol. The van der Waals surface area contributed by atoms with Crippen molar-refractivity contribution in [2.24, 2.45) is 0 Å². The Labute approximate surface area is 84.8 Å². The average Bonchev–Trinajstić information content (AvgIpc) is 2.03. The van der Waals surface area contributed by atoms with Crippen molar-refractivity contribution in [3.05, 3.63) is 0 Å². The first-order valence-electron chi connectivity index (χ1n) is 5.15. The van der Waals surface area contributed by atoms with E-state index in [9.17, 15) is 0 Å².